The standard InChI is InChI=1S/C12H18ClNO3S2/c1-10-3-4-12(11(13)9-10)19(16,17)14-5-8-18-7-2-6-15/h3-4,9,14-15H,2,5-8H2,1H3. The average Bonchev–Trinajstić information content (AvgIpc) is 2.33. The first kappa shape index (κ1) is 16.8. The van der Waals surface area contributed by atoms with E-state index in [0.29, 0.717) is 12.3 Å². The molecule has 0 atom stereocenters. The van der Waals surface area contributed by atoms with Gasteiger partial charge in [-0.1, -0.05) is 17.7 Å². The van der Waals surface area contributed by atoms with Crippen molar-refractivity contribution in [2.75, 3.05) is 24.7 Å². The van der Waals surface area contributed by atoms with E-state index in [1.165, 1.54) is 6.07 Å². The highest BCUT2D eigenvalue weighted by Gasteiger charge is 2.16. The second-order valence-corrected chi connectivity index (χ2v) is 7.39. The fourth-order valence-corrected chi connectivity index (χ4v) is 3.96. The summed E-state index contributed by atoms with van der Waals surface area (Å²) in [6.07, 6.45) is 0.723. The van der Waals surface area contributed by atoms with Gasteiger partial charge in [-0.3, -0.25) is 0 Å². The van der Waals surface area contributed by atoms with Crippen LogP contribution in [0.25, 0.3) is 0 Å². The van der Waals surface area contributed by atoms with E-state index in [9.17, 15) is 8.42 Å². The molecule has 7 heteroatoms. The number of sulfonamides is 1. The molecule has 0 saturated carbocycles. The molecular formula is C12H18ClNO3S2. The van der Waals surface area contributed by atoms with Crippen LogP contribution in [-0.2, 0) is 10.0 Å². The largest absolute Gasteiger partial charge is 0.396 e. The van der Waals surface area contributed by atoms with E-state index >= 15 is 0 Å². The van der Waals surface area contributed by atoms with Crippen molar-refractivity contribution in [1.82, 2.24) is 4.72 Å². The fourth-order valence-electron chi connectivity index (χ4n) is 1.42. The normalized spacial score (nSPS) is 11.7. The number of hydrogen-bond acceptors (Lipinski definition) is 4. The molecule has 19 heavy (non-hydrogen) atoms. The Morgan fingerprint density at radius 1 is 1.37 bits per heavy atom. The van der Waals surface area contributed by atoms with Crippen LogP contribution < -0.4 is 4.72 Å². The third kappa shape index (κ3) is 5.71. The number of nitrogens with one attached hydrogen (secondary N) is 1. The number of aliphatic hydroxyl groups is 1. The Balaban J connectivity index is 2.52. The van der Waals surface area contributed by atoms with Crippen molar-refractivity contribution in [3.05, 3.63) is 28.8 Å². The summed E-state index contributed by atoms with van der Waals surface area (Å²) in [6.45, 7) is 2.37. The summed E-state index contributed by atoms with van der Waals surface area (Å²) >= 11 is 7.54. The number of hydrogen-bond donors (Lipinski definition) is 2. The zero-order valence-corrected chi connectivity index (χ0v) is 13.1. The lowest BCUT2D eigenvalue weighted by molar-refractivity contribution is 0.296. The third-order valence-electron chi connectivity index (χ3n) is 2.36. The Bertz CT molecular complexity index is 506. The number of rotatable bonds is 8. The molecule has 0 amide bonds. The summed E-state index contributed by atoms with van der Waals surface area (Å²) < 4.78 is 26.5. The second kappa shape index (κ2) is 8.11. The highest BCUT2D eigenvalue weighted by Crippen LogP contribution is 2.22. The van der Waals surface area contributed by atoms with E-state index < -0.39 is 10.0 Å². The lowest BCUT2D eigenvalue weighted by atomic mass is 10.2. The maximum absolute atomic E-state index is 12.0. The molecule has 1 aromatic carbocycles. The van der Waals surface area contributed by atoms with Gasteiger partial charge in [-0.15, -0.1) is 0 Å². The SMILES string of the molecule is Cc1ccc(S(=O)(=O)NCCSCCCO)c(Cl)c1. The molecule has 0 radical (unpaired) electrons. The maximum atomic E-state index is 12.0. The molecule has 1 aromatic rings. The van der Waals surface area contributed by atoms with Gasteiger partial charge < -0.3 is 5.11 Å². The summed E-state index contributed by atoms with van der Waals surface area (Å²) in [6, 6.07) is 4.86. The molecule has 0 aliphatic rings. The summed E-state index contributed by atoms with van der Waals surface area (Å²) in [7, 11) is -3.55. The summed E-state index contributed by atoms with van der Waals surface area (Å²) in [5.41, 5.74) is 0.920. The molecule has 2 N–H and O–H groups in total. The number of benzene rings is 1. The van der Waals surface area contributed by atoms with Crippen LogP contribution in [0.2, 0.25) is 5.02 Å². The molecule has 1 rings (SSSR count). The molecule has 0 heterocycles. The Morgan fingerprint density at radius 3 is 2.74 bits per heavy atom. The quantitative estimate of drug-likeness (QED) is 0.719. The van der Waals surface area contributed by atoms with E-state index in [1.54, 1.807) is 23.9 Å². The highest BCUT2D eigenvalue weighted by atomic mass is 35.5. The van der Waals surface area contributed by atoms with Crippen LogP contribution in [0.1, 0.15) is 12.0 Å². The number of aliphatic hydroxyl groups excluding tert-OH is 1. The third-order valence-corrected chi connectivity index (χ3v) is 5.38. The van der Waals surface area contributed by atoms with Crippen molar-refractivity contribution in [2.45, 2.75) is 18.2 Å². The van der Waals surface area contributed by atoms with Gasteiger partial charge >= 0.3 is 0 Å². The van der Waals surface area contributed by atoms with Crippen molar-refractivity contribution >= 4 is 33.4 Å². The maximum Gasteiger partial charge on any atom is 0.242 e. The summed E-state index contributed by atoms with van der Waals surface area (Å²) in [5, 5.41) is 8.85. The van der Waals surface area contributed by atoms with Crippen LogP contribution in [-0.4, -0.2) is 38.2 Å². The Hall–Kier alpha value is -0.270. The zero-order chi connectivity index (χ0) is 14.3. The van der Waals surface area contributed by atoms with Gasteiger partial charge in [-0.2, -0.15) is 11.8 Å². The van der Waals surface area contributed by atoms with Gasteiger partial charge in [0.25, 0.3) is 0 Å². The van der Waals surface area contributed by atoms with Gasteiger partial charge in [-0.25, -0.2) is 13.1 Å². The first-order valence-electron chi connectivity index (χ1n) is 5.92. The second-order valence-electron chi connectivity index (χ2n) is 4.02. The van der Waals surface area contributed by atoms with Crippen molar-refractivity contribution in [2.24, 2.45) is 0 Å². The molecule has 0 bridgehead atoms. The van der Waals surface area contributed by atoms with Crippen LogP contribution >= 0.6 is 23.4 Å². The van der Waals surface area contributed by atoms with E-state index in [-0.39, 0.29) is 16.5 Å². The van der Waals surface area contributed by atoms with Gasteiger partial charge in [0.05, 0.1) is 5.02 Å². The van der Waals surface area contributed by atoms with Gasteiger partial charge in [0.1, 0.15) is 4.90 Å². The Kier molecular flexibility index (Phi) is 7.17. The van der Waals surface area contributed by atoms with Gasteiger partial charge in [-0.05, 0) is 36.8 Å². The molecular weight excluding hydrogens is 306 g/mol. The lowest BCUT2D eigenvalue weighted by Crippen LogP contribution is -2.26. The van der Waals surface area contributed by atoms with Crippen LogP contribution in [0.4, 0.5) is 0 Å². The Labute approximate surface area is 123 Å². The van der Waals surface area contributed by atoms with Gasteiger partial charge in [0.15, 0.2) is 0 Å². The summed E-state index contributed by atoms with van der Waals surface area (Å²) in [5.74, 6) is 1.49. The first-order valence-corrected chi connectivity index (χ1v) is 8.93. The topological polar surface area (TPSA) is 66.4 Å². The molecule has 4 nitrogen and oxygen atoms in total. The average molecular weight is 324 g/mol. The van der Waals surface area contributed by atoms with Crippen molar-refractivity contribution in [3.63, 3.8) is 0 Å². The summed E-state index contributed by atoms with van der Waals surface area (Å²) in [4.78, 5) is 0.111. The van der Waals surface area contributed by atoms with Crippen molar-refractivity contribution < 1.29 is 13.5 Å². The molecule has 0 aromatic heterocycles. The fraction of sp³-hybridized carbons (Fsp3) is 0.500. The van der Waals surface area contributed by atoms with Crippen LogP contribution in [0.3, 0.4) is 0 Å². The van der Waals surface area contributed by atoms with E-state index in [4.69, 9.17) is 16.7 Å². The molecule has 0 aliphatic heterocycles. The highest BCUT2D eigenvalue weighted by molar-refractivity contribution is 7.99. The van der Waals surface area contributed by atoms with E-state index in [0.717, 1.165) is 17.7 Å². The van der Waals surface area contributed by atoms with Crippen molar-refractivity contribution in [1.29, 1.82) is 0 Å². The predicted molar refractivity (Wildman–Crippen MR) is 80.4 cm³/mol. The van der Waals surface area contributed by atoms with Crippen molar-refractivity contribution in [3.8, 4) is 0 Å². The zero-order valence-electron chi connectivity index (χ0n) is 10.7. The molecule has 0 fully saturated rings. The minimum absolute atomic E-state index is 0.111. The Morgan fingerprint density at radius 2 is 2.11 bits per heavy atom. The predicted octanol–water partition coefficient (Wildman–Crippen LogP) is 2.04. The number of halogens is 1. The molecule has 0 spiro atoms. The van der Waals surface area contributed by atoms with Crippen LogP contribution in [0.15, 0.2) is 23.1 Å². The lowest BCUT2D eigenvalue weighted by Gasteiger charge is -2.08. The van der Waals surface area contributed by atoms with Gasteiger partial charge in [0, 0.05) is 18.9 Å². The van der Waals surface area contributed by atoms with E-state index in [1.807, 2.05) is 6.92 Å². The minimum atomic E-state index is -3.55. The van der Waals surface area contributed by atoms with Crippen LogP contribution in [0.5, 0.6) is 0 Å². The number of thioether (sulfide) groups is 1. The molecule has 108 valence electrons. The van der Waals surface area contributed by atoms with Crippen LogP contribution in [0, 0.1) is 6.92 Å². The first-order chi connectivity index (χ1) is 8.97. The van der Waals surface area contributed by atoms with Gasteiger partial charge in [0.2, 0.25) is 10.0 Å². The molecule has 0 aliphatic carbocycles. The molecule has 0 saturated heterocycles. The molecule has 0 unspecified atom stereocenters. The monoisotopic (exact) mass is 323 g/mol. The van der Waals surface area contributed by atoms with E-state index in [2.05, 4.69) is 4.72 Å². The smallest absolute Gasteiger partial charge is 0.242 e. The number of aryl methyl sites for hydroxylation is 1. The minimum Gasteiger partial charge on any atom is -0.396 e.